The zero-order valence-electron chi connectivity index (χ0n) is 19.6. The maximum atomic E-state index is 14.4. The van der Waals surface area contributed by atoms with E-state index in [2.05, 4.69) is 9.13 Å². The summed E-state index contributed by atoms with van der Waals surface area (Å²) in [6, 6.07) is 9.55. The number of methoxy groups -OCH3 is 1. The molecular formula is C26H28F2N4O2. The van der Waals surface area contributed by atoms with Gasteiger partial charge in [0.25, 0.3) is 5.92 Å². The van der Waals surface area contributed by atoms with Gasteiger partial charge in [0.05, 0.1) is 17.6 Å². The maximum Gasteiger partial charge on any atom is 0.252 e. The third-order valence-corrected chi connectivity index (χ3v) is 6.98. The number of hydrogen-bond acceptors (Lipinski definition) is 3. The van der Waals surface area contributed by atoms with Crippen molar-refractivity contribution in [3.8, 4) is 11.4 Å². The molecule has 1 amide bonds. The number of nitrogens with two attached hydrogens (primary N) is 1. The lowest BCUT2D eigenvalue weighted by molar-refractivity contribution is -0.0125. The van der Waals surface area contributed by atoms with Crippen molar-refractivity contribution in [2.45, 2.75) is 52.1 Å². The second kappa shape index (κ2) is 8.20. The van der Waals surface area contributed by atoms with Crippen molar-refractivity contribution in [2.24, 2.45) is 5.73 Å². The average Bonchev–Trinajstić information content (AvgIpc) is 3.32. The van der Waals surface area contributed by atoms with E-state index in [0.717, 1.165) is 45.3 Å². The first kappa shape index (κ1) is 22.5. The summed E-state index contributed by atoms with van der Waals surface area (Å²) >= 11 is 0. The number of rotatable bonds is 6. The average molecular weight is 467 g/mol. The predicted octanol–water partition coefficient (Wildman–Crippen LogP) is 4.86. The van der Waals surface area contributed by atoms with Gasteiger partial charge in [-0.25, -0.2) is 13.8 Å². The summed E-state index contributed by atoms with van der Waals surface area (Å²) in [7, 11) is 1.64. The molecule has 8 heteroatoms. The highest BCUT2D eigenvalue weighted by molar-refractivity contribution is 6.00. The minimum atomic E-state index is -2.69. The number of aryl methyl sites for hydroxylation is 2. The fourth-order valence-corrected chi connectivity index (χ4v) is 5.33. The largest absolute Gasteiger partial charge is 0.383 e. The van der Waals surface area contributed by atoms with Crippen LogP contribution in [0, 0.1) is 6.92 Å². The molecule has 6 nitrogen and oxygen atoms in total. The number of aromatic nitrogens is 3. The molecule has 0 saturated heterocycles. The number of fused-ring (bicyclic) bond motifs is 4. The van der Waals surface area contributed by atoms with Crippen LogP contribution >= 0.6 is 0 Å². The first-order chi connectivity index (χ1) is 16.3. The summed E-state index contributed by atoms with van der Waals surface area (Å²) in [4.78, 5) is 16.8. The second-order valence-corrected chi connectivity index (χ2v) is 8.98. The lowest BCUT2D eigenvalue weighted by atomic mass is 9.92. The number of nitrogens with zero attached hydrogens (tertiary/aromatic N) is 3. The van der Waals surface area contributed by atoms with E-state index in [1.807, 2.05) is 38.1 Å². The Morgan fingerprint density at radius 2 is 1.97 bits per heavy atom. The molecule has 178 valence electrons. The minimum Gasteiger partial charge on any atom is -0.383 e. The molecule has 4 aromatic rings. The van der Waals surface area contributed by atoms with E-state index in [9.17, 15) is 13.6 Å². The Morgan fingerprint density at radius 1 is 1.21 bits per heavy atom. The van der Waals surface area contributed by atoms with Crippen LogP contribution in [0.4, 0.5) is 8.78 Å². The molecule has 1 aliphatic rings. The number of carbonyl (C=O) groups excluding carboxylic acids is 1. The smallest absolute Gasteiger partial charge is 0.252 e. The van der Waals surface area contributed by atoms with Crippen LogP contribution < -0.4 is 5.73 Å². The number of carbonyl (C=O) groups is 1. The molecule has 2 aromatic carbocycles. The van der Waals surface area contributed by atoms with Gasteiger partial charge in [-0.05, 0) is 61.7 Å². The fourth-order valence-electron chi connectivity index (χ4n) is 5.33. The lowest BCUT2D eigenvalue weighted by Crippen LogP contribution is -2.26. The number of ether oxygens (including phenoxy) is 1. The van der Waals surface area contributed by atoms with Crippen molar-refractivity contribution >= 4 is 27.8 Å². The van der Waals surface area contributed by atoms with Crippen molar-refractivity contribution < 1.29 is 18.3 Å². The molecule has 0 bridgehead atoms. The number of alkyl halides is 2. The molecule has 0 fully saturated rings. The highest BCUT2D eigenvalue weighted by Gasteiger charge is 2.37. The topological polar surface area (TPSA) is 75.1 Å². The van der Waals surface area contributed by atoms with Gasteiger partial charge in [-0.1, -0.05) is 0 Å². The van der Waals surface area contributed by atoms with Crippen molar-refractivity contribution in [2.75, 3.05) is 13.7 Å². The summed E-state index contributed by atoms with van der Waals surface area (Å²) in [5.74, 6) is -2.48. The zero-order chi connectivity index (χ0) is 24.2. The SMILES string of the molecule is CCn1c2c(c3cc(-c4nc5c(C)c(C(N)=O)ccc5n4CCOC)ccc31)CC(F)(F)CC2. The summed E-state index contributed by atoms with van der Waals surface area (Å²) in [5, 5.41) is 0.855. The molecule has 2 N–H and O–H groups in total. The predicted molar refractivity (Wildman–Crippen MR) is 128 cm³/mol. The fraction of sp³-hybridized carbons (Fsp3) is 0.385. The lowest BCUT2D eigenvalue weighted by Gasteiger charge is -2.23. The molecule has 34 heavy (non-hydrogen) atoms. The van der Waals surface area contributed by atoms with Gasteiger partial charge < -0.3 is 19.6 Å². The third-order valence-electron chi connectivity index (χ3n) is 6.98. The van der Waals surface area contributed by atoms with Gasteiger partial charge in [0, 0.05) is 60.8 Å². The Bertz CT molecular complexity index is 1430. The molecule has 0 atom stereocenters. The van der Waals surface area contributed by atoms with E-state index in [0.29, 0.717) is 36.5 Å². The van der Waals surface area contributed by atoms with E-state index in [1.165, 1.54) is 0 Å². The second-order valence-electron chi connectivity index (χ2n) is 8.98. The summed E-state index contributed by atoms with van der Waals surface area (Å²) in [6.45, 7) is 5.65. The standard InChI is InChI=1S/C26H28F2N4O2/c1-4-31-20-7-5-16(13-18(20)19-14-26(27,28)10-9-21(19)31)25-30-23-15(2)17(24(29)33)6-8-22(23)32(25)11-12-34-3/h5-8,13H,4,9-12,14H2,1-3H3,(H2,29,33). The first-order valence-electron chi connectivity index (χ1n) is 11.6. The van der Waals surface area contributed by atoms with Crippen LogP contribution in [0.15, 0.2) is 30.3 Å². The van der Waals surface area contributed by atoms with E-state index in [-0.39, 0.29) is 12.8 Å². The molecule has 5 rings (SSSR count). The van der Waals surface area contributed by atoms with Crippen LogP contribution in [-0.2, 0) is 30.7 Å². The molecule has 0 radical (unpaired) electrons. The summed E-state index contributed by atoms with van der Waals surface area (Å²) < 4.78 is 38.2. The molecule has 0 unspecified atom stereocenters. The van der Waals surface area contributed by atoms with Gasteiger partial charge in [-0.2, -0.15) is 0 Å². The Hall–Kier alpha value is -3.26. The van der Waals surface area contributed by atoms with Gasteiger partial charge >= 0.3 is 0 Å². The molecule has 0 aliphatic heterocycles. The zero-order valence-corrected chi connectivity index (χ0v) is 19.6. The third kappa shape index (κ3) is 3.48. The first-order valence-corrected chi connectivity index (χ1v) is 11.6. The molecule has 0 spiro atoms. The van der Waals surface area contributed by atoms with Gasteiger partial charge in [-0.15, -0.1) is 0 Å². The van der Waals surface area contributed by atoms with Crippen LogP contribution in [0.1, 0.15) is 40.5 Å². The van der Waals surface area contributed by atoms with E-state index >= 15 is 0 Å². The number of benzene rings is 2. The quantitative estimate of drug-likeness (QED) is 0.441. The molecular weight excluding hydrogens is 438 g/mol. The van der Waals surface area contributed by atoms with Crippen molar-refractivity contribution in [1.82, 2.24) is 14.1 Å². The Kier molecular flexibility index (Phi) is 5.43. The number of imidazole rings is 1. The van der Waals surface area contributed by atoms with Gasteiger partial charge in [0.15, 0.2) is 0 Å². The molecule has 1 aliphatic carbocycles. The van der Waals surface area contributed by atoms with Crippen LogP contribution in [0.5, 0.6) is 0 Å². The molecule has 2 heterocycles. The monoisotopic (exact) mass is 466 g/mol. The summed E-state index contributed by atoms with van der Waals surface area (Å²) in [6.07, 6.45) is 0.0234. The highest BCUT2D eigenvalue weighted by atomic mass is 19.3. The summed E-state index contributed by atoms with van der Waals surface area (Å²) in [5.41, 5.74) is 11.8. The number of hydrogen-bond donors (Lipinski definition) is 1. The number of primary amides is 1. The molecule has 2 aromatic heterocycles. The number of halogens is 2. The van der Waals surface area contributed by atoms with Crippen molar-refractivity contribution in [1.29, 1.82) is 0 Å². The molecule has 0 saturated carbocycles. The Morgan fingerprint density at radius 3 is 2.68 bits per heavy atom. The normalized spacial score (nSPS) is 15.2. The Balaban J connectivity index is 1.74. The minimum absolute atomic E-state index is 0.114. The van der Waals surface area contributed by atoms with Gasteiger partial charge in [0.2, 0.25) is 5.91 Å². The highest BCUT2D eigenvalue weighted by Crippen LogP contribution is 2.40. The van der Waals surface area contributed by atoms with Crippen LogP contribution in [0.25, 0.3) is 33.3 Å². The van der Waals surface area contributed by atoms with Crippen molar-refractivity contribution in [3.63, 3.8) is 0 Å². The Labute approximate surface area is 196 Å². The van der Waals surface area contributed by atoms with Crippen LogP contribution in [0.2, 0.25) is 0 Å². The van der Waals surface area contributed by atoms with Gasteiger partial charge in [0.1, 0.15) is 5.82 Å². The van der Waals surface area contributed by atoms with Crippen LogP contribution in [-0.4, -0.2) is 39.7 Å². The van der Waals surface area contributed by atoms with E-state index < -0.39 is 11.8 Å². The van der Waals surface area contributed by atoms with Crippen LogP contribution in [0.3, 0.4) is 0 Å². The van der Waals surface area contributed by atoms with E-state index in [1.54, 1.807) is 13.2 Å². The van der Waals surface area contributed by atoms with E-state index in [4.69, 9.17) is 15.5 Å². The van der Waals surface area contributed by atoms with Gasteiger partial charge in [-0.3, -0.25) is 4.79 Å². The van der Waals surface area contributed by atoms with Crippen molar-refractivity contribution in [3.05, 3.63) is 52.7 Å². The maximum absolute atomic E-state index is 14.4. The number of amides is 1.